The minimum atomic E-state index is 0.490. The van der Waals surface area contributed by atoms with Crippen molar-refractivity contribution >= 4 is 0 Å². The molecule has 2 nitrogen and oxygen atoms in total. The summed E-state index contributed by atoms with van der Waals surface area (Å²) in [6.45, 7) is 9.14. The molecular formula is C12H26N2. The second-order valence-corrected chi connectivity index (χ2v) is 4.83. The first-order chi connectivity index (χ1) is 6.76. The van der Waals surface area contributed by atoms with Crippen LogP contribution >= 0.6 is 0 Å². The van der Waals surface area contributed by atoms with Gasteiger partial charge in [-0.15, -0.1) is 0 Å². The van der Waals surface area contributed by atoms with E-state index in [1.807, 2.05) is 0 Å². The summed E-state index contributed by atoms with van der Waals surface area (Å²) in [6, 6.07) is 0. The molecule has 0 radical (unpaired) electrons. The second-order valence-electron chi connectivity index (χ2n) is 4.83. The lowest BCUT2D eigenvalue weighted by Crippen LogP contribution is -2.47. The van der Waals surface area contributed by atoms with Gasteiger partial charge in [-0.2, -0.15) is 0 Å². The van der Waals surface area contributed by atoms with Crippen LogP contribution in [-0.2, 0) is 0 Å². The van der Waals surface area contributed by atoms with E-state index in [4.69, 9.17) is 5.73 Å². The predicted octanol–water partition coefficient (Wildman–Crippen LogP) is 2.24. The third kappa shape index (κ3) is 2.96. The van der Waals surface area contributed by atoms with Gasteiger partial charge in [0.15, 0.2) is 0 Å². The third-order valence-electron chi connectivity index (χ3n) is 3.49. The van der Waals surface area contributed by atoms with Crippen molar-refractivity contribution in [2.75, 3.05) is 26.2 Å². The average Bonchev–Trinajstić information content (AvgIpc) is 2.12. The molecule has 0 spiro atoms. The van der Waals surface area contributed by atoms with Gasteiger partial charge >= 0.3 is 0 Å². The highest BCUT2D eigenvalue weighted by Crippen LogP contribution is 2.40. The Morgan fingerprint density at radius 3 is 2.00 bits per heavy atom. The molecule has 0 aliphatic heterocycles. The van der Waals surface area contributed by atoms with E-state index in [1.54, 1.807) is 0 Å². The molecule has 0 aromatic heterocycles. The molecule has 0 unspecified atom stereocenters. The van der Waals surface area contributed by atoms with E-state index in [9.17, 15) is 0 Å². The predicted molar refractivity (Wildman–Crippen MR) is 62.4 cm³/mol. The van der Waals surface area contributed by atoms with Crippen LogP contribution in [0.4, 0.5) is 0 Å². The van der Waals surface area contributed by atoms with Crippen molar-refractivity contribution < 1.29 is 0 Å². The van der Waals surface area contributed by atoms with Gasteiger partial charge in [0, 0.05) is 6.54 Å². The summed E-state index contributed by atoms with van der Waals surface area (Å²) in [5.41, 5.74) is 6.37. The molecule has 0 amide bonds. The van der Waals surface area contributed by atoms with Crippen LogP contribution in [0.5, 0.6) is 0 Å². The summed E-state index contributed by atoms with van der Waals surface area (Å²) in [6.07, 6.45) is 6.63. The Bertz CT molecular complexity index is 141. The third-order valence-corrected chi connectivity index (χ3v) is 3.49. The Hall–Kier alpha value is -0.0800. The van der Waals surface area contributed by atoms with Crippen LogP contribution in [0.3, 0.4) is 0 Å². The fourth-order valence-electron chi connectivity index (χ4n) is 2.48. The highest BCUT2D eigenvalue weighted by Gasteiger charge is 2.36. The first-order valence-electron chi connectivity index (χ1n) is 6.19. The zero-order chi connectivity index (χ0) is 10.4. The standard InChI is InChI=1S/C12H26N2/c1-3-8-14(9-4-2)11-12(10-13)6-5-7-12/h3-11,13H2,1-2H3. The zero-order valence-corrected chi connectivity index (χ0v) is 9.89. The zero-order valence-electron chi connectivity index (χ0n) is 9.89. The van der Waals surface area contributed by atoms with Crippen molar-refractivity contribution in [3.8, 4) is 0 Å². The van der Waals surface area contributed by atoms with Crippen molar-refractivity contribution in [3.05, 3.63) is 0 Å². The fraction of sp³-hybridized carbons (Fsp3) is 1.00. The van der Waals surface area contributed by atoms with Crippen molar-refractivity contribution in [1.82, 2.24) is 4.90 Å². The van der Waals surface area contributed by atoms with Crippen LogP contribution in [0.2, 0.25) is 0 Å². The van der Waals surface area contributed by atoms with Gasteiger partial charge < -0.3 is 10.6 Å². The number of hydrogen-bond donors (Lipinski definition) is 1. The van der Waals surface area contributed by atoms with E-state index < -0.39 is 0 Å². The molecule has 0 aromatic carbocycles. The number of nitrogens with zero attached hydrogens (tertiary/aromatic N) is 1. The van der Waals surface area contributed by atoms with Gasteiger partial charge in [0.05, 0.1) is 0 Å². The maximum absolute atomic E-state index is 5.88. The van der Waals surface area contributed by atoms with Gasteiger partial charge in [0.25, 0.3) is 0 Å². The number of nitrogens with two attached hydrogens (primary N) is 1. The fourth-order valence-corrected chi connectivity index (χ4v) is 2.48. The van der Waals surface area contributed by atoms with Gasteiger partial charge in [-0.25, -0.2) is 0 Å². The molecule has 0 heterocycles. The SMILES string of the molecule is CCCN(CCC)CC1(CN)CCC1. The van der Waals surface area contributed by atoms with E-state index in [1.165, 1.54) is 51.7 Å². The maximum atomic E-state index is 5.88. The van der Waals surface area contributed by atoms with Gasteiger partial charge in [-0.1, -0.05) is 20.3 Å². The topological polar surface area (TPSA) is 29.3 Å². The maximum Gasteiger partial charge on any atom is 0.00501 e. The molecule has 0 saturated heterocycles. The lowest BCUT2D eigenvalue weighted by atomic mass is 9.68. The highest BCUT2D eigenvalue weighted by molar-refractivity contribution is 4.91. The van der Waals surface area contributed by atoms with Gasteiger partial charge in [0.2, 0.25) is 0 Å². The molecular weight excluding hydrogens is 172 g/mol. The van der Waals surface area contributed by atoms with Crippen LogP contribution in [-0.4, -0.2) is 31.1 Å². The molecule has 2 heteroatoms. The Kier molecular flexibility index (Phi) is 4.90. The number of rotatable bonds is 7. The van der Waals surface area contributed by atoms with E-state index in [2.05, 4.69) is 18.7 Å². The van der Waals surface area contributed by atoms with Crippen molar-refractivity contribution in [1.29, 1.82) is 0 Å². The highest BCUT2D eigenvalue weighted by atomic mass is 15.1. The number of hydrogen-bond acceptors (Lipinski definition) is 2. The summed E-state index contributed by atoms with van der Waals surface area (Å²) < 4.78 is 0. The molecule has 84 valence electrons. The lowest BCUT2D eigenvalue weighted by Gasteiger charge is -2.44. The van der Waals surface area contributed by atoms with Crippen LogP contribution in [0.1, 0.15) is 46.0 Å². The van der Waals surface area contributed by atoms with Gasteiger partial charge in [-0.05, 0) is 50.7 Å². The monoisotopic (exact) mass is 198 g/mol. The minimum Gasteiger partial charge on any atom is -0.330 e. The summed E-state index contributed by atoms with van der Waals surface area (Å²) in [4.78, 5) is 2.60. The average molecular weight is 198 g/mol. The summed E-state index contributed by atoms with van der Waals surface area (Å²) in [5.74, 6) is 0. The van der Waals surface area contributed by atoms with E-state index in [0.29, 0.717) is 5.41 Å². The lowest BCUT2D eigenvalue weighted by molar-refractivity contribution is 0.0746. The molecule has 0 aromatic rings. The van der Waals surface area contributed by atoms with Crippen molar-refractivity contribution in [3.63, 3.8) is 0 Å². The van der Waals surface area contributed by atoms with E-state index in [0.717, 1.165) is 6.54 Å². The molecule has 2 N–H and O–H groups in total. The summed E-state index contributed by atoms with van der Waals surface area (Å²) in [7, 11) is 0. The first-order valence-corrected chi connectivity index (χ1v) is 6.19. The molecule has 14 heavy (non-hydrogen) atoms. The normalized spacial score (nSPS) is 19.7. The van der Waals surface area contributed by atoms with E-state index in [-0.39, 0.29) is 0 Å². The Morgan fingerprint density at radius 1 is 1.14 bits per heavy atom. The van der Waals surface area contributed by atoms with Gasteiger partial charge in [0.1, 0.15) is 0 Å². The Labute approximate surface area is 88.8 Å². The molecule has 0 atom stereocenters. The molecule has 1 fully saturated rings. The Morgan fingerprint density at radius 2 is 1.71 bits per heavy atom. The minimum absolute atomic E-state index is 0.490. The molecule has 1 saturated carbocycles. The van der Waals surface area contributed by atoms with Crippen molar-refractivity contribution in [2.24, 2.45) is 11.1 Å². The largest absolute Gasteiger partial charge is 0.330 e. The summed E-state index contributed by atoms with van der Waals surface area (Å²) >= 11 is 0. The molecule has 1 aliphatic rings. The molecule has 1 rings (SSSR count). The van der Waals surface area contributed by atoms with E-state index >= 15 is 0 Å². The smallest absolute Gasteiger partial charge is 0.00501 e. The van der Waals surface area contributed by atoms with Gasteiger partial charge in [-0.3, -0.25) is 0 Å². The second kappa shape index (κ2) is 5.72. The summed E-state index contributed by atoms with van der Waals surface area (Å²) in [5, 5.41) is 0. The van der Waals surface area contributed by atoms with Crippen molar-refractivity contribution in [2.45, 2.75) is 46.0 Å². The molecule has 1 aliphatic carbocycles. The Balaban J connectivity index is 2.36. The van der Waals surface area contributed by atoms with Crippen LogP contribution < -0.4 is 5.73 Å². The van der Waals surface area contributed by atoms with Crippen LogP contribution in [0.25, 0.3) is 0 Å². The van der Waals surface area contributed by atoms with Crippen LogP contribution in [0.15, 0.2) is 0 Å². The quantitative estimate of drug-likeness (QED) is 0.680. The van der Waals surface area contributed by atoms with Crippen LogP contribution in [0, 0.1) is 5.41 Å². The molecule has 0 bridgehead atoms. The first kappa shape index (κ1) is 12.0.